The summed E-state index contributed by atoms with van der Waals surface area (Å²) >= 11 is 3.29. The van der Waals surface area contributed by atoms with Gasteiger partial charge >= 0.3 is 0 Å². The van der Waals surface area contributed by atoms with E-state index >= 15 is 0 Å². The fourth-order valence-corrected chi connectivity index (χ4v) is 1.56. The molecule has 0 aliphatic rings. The number of nitrogens with two attached hydrogens (primary N) is 1. The van der Waals surface area contributed by atoms with E-state index in [2.05, 4.69) is 26.2 Å². The van der Waals surface area contributed by atoms with Gasteiger partial charge in [-0.1, -0.05) is 0 Å². The van der Waals surface area contributed by atoms with E-state index in [1.165, 1.54) is 0 Å². The summed E-state index contributed by atoms with van der Waals surface area (Å²) in [4.78, 5) is 4.15. The van der Waals surface area contributed by atoms with E-state index in [0.29, 0.717) is 11.5 Å². The Hall–Kier alpha value is -0.810. The molecule has 0 aliphatic carbocycles. The largest absolute Gasteiger partial charge is 0.396 e. The lowest BCUT2D eigenvalue weighted by molar-refractivity contribution is 0.183. The molecule has 0 fully saturated rings. The topological polar surface area (TPSA) is 71.2 Å². The molecule has 1 rings (SSSR count). The molecule has 5 heteroatoms. The molecule has 0 aliphatic heterocycles. The Kier molecular flexibility index (Phi) is 4.84. The van der Waals surface area contributed by atoms with Crippen LogP contribution in [0.3, 0.4) is 0 Å². The molecule has 0 saturated heterocycles. The van der Waals surface area contributed by atoms with Gasteiger partial charge in [0.15, 0.2) is 0 Å². The van der Waals surface area contributed by atoms with Crippen LogP contribution in [0.15, 0.2) is 16.7 Å². The third-order valence-electron chi connectivity index (χ3n) is 1.97. The number of aliphatic hydroxyl groups is 1. The summed E-state index contributed by atoms with van der Waals surface area (Å²) in [7, 11) is 0. The standard InChI is InChI=1S/C10H16BrN3O/c1-7(15)3-2-4-13-10-9(12)5-8(11)6-14-10/h5-7,15H,2-4,12H2,1H3,(H,13,14). The Balaban J connectivity index is 2.37. The predicted octanol–water partition coefficient (Wildman–Crippen LogP) is 2.00. The van der Waals surface area contributed by atoms with Crippen LogP contribution in [0.1, 0.15) is 19.8 Å². The number of aromatic nitrogens is 1. The van der Waals surface area contributed by atoms with Gasteiger partial charge in [0.25, 0.3) is 0 Å². The monoisotopic (exact) mass is 273 g/mol. The first kappa shape index (κ1) is 12.3. The van der Waals surface area contributed by atoms with Gasteiger partial charge in [-0.2, -0.15) is 0 Å². The van der Waals surface area contributed by atoms with Crippen LogP contribution in [-0.4, -0.2) is 22.7 Å². The smallest absolute Gasteiger partial charge is 0.149 e. The summed E-state index contributed by atoms with van der Waals surface area (Å²) < 4.78 is 0.870. The quantitative estimate of drug-likeness (QED) is 0.718. The van der Waals surface area contributed by atoms with Gasteiger partial charge in [0.2, 0.25) is 0 Å². The van der Waals surface area contributed by atoms with Crippen molar-refractivity contribution in [1.29, 1.82) is 0 Å². The van der Waals surface area contributed by atoms with E-state index in [-0.39, 0.29) is 6.10 Å². The van der Waals surface area contributed by atoms with Crippen LogP contribution in [0, 0.1) is 0 Å². The van der Waals surface area contributed by atoms with Gasteiger partial charge in [-0.3, -0.25) is 0 Å². The van der Waals surface area contributed by atoms with Crippen molar-refractivity contribution < 1.29 is 5.11 Å². The van der Waals surface area contributed by atoms with Gasteiger partial charge in [0, 0.05) is 17.2 Å². The summed E-state index contributed by atoms with van der Waals surface area (Å²) in [6.45, 7) is 2.55. The van der Waals surface area contributed by atoms with Gasteiger partial charge in [0.1, 0.15) is 5.82 Å². The first-order chi connectivity index (χ1) is 7.09. The Morgan fingerprint density at radius 1 is 1.67 bits per heavy atom. The molecule has 1 aromatic rings. The van der Waals surface area contributed by atoms with Crippen molar-refractivity contribution in [3.05, 3.63) is 16.7 Å². The molecule has 0 radical (unpaired) electrons. The fourth-order valence-electron chi connectivity index (χ4n) is 1.21. The lowest BCUT2D eigenvalue weighted by Crippen LogP contribution is -2.09. The van der Waals surface area contributed by atoms with Crippen molar-refractivity contribution in [2.24, 2.45) is 0 Å². The summed E-state index contributed by atoms with van der Waals surface area (Å²) in [5, 5.41) is 12.2. The molecule has 4 N–H and O–H groups in total. The maximum absolute atomic E-state index is 9.07. The van der Waals surface area contributed by atoms with E-state index in [1.54, 1.807) is 13.1 Å². The van der Waals surface area contributed by atoms with Crippen LogP contribution in [0.25, 0.3) is 0 Å². The van der Waals surface area contributed by atoms with Crippen molar-refractivity contribution >= 4 is 27.4 Å². The number of rotatable bonds is 5. The highest BCUT2D eigenvalue weighted by atomic mass is 79.9. The molecule has 0 aromatic carbocycles. The highest BCUT2D eigenvalue weighted by Crippen LogP contribution is 2.19. The Labute approximate surface area is 98.0 Å². The molecule has 15 heavy (non-hydrogen) atoms. The molecule has 0 bridgehead atoms. The first-order valence-corrected chi connectivity index (χ1v) is 5.72. The van der Waals surface area contributed by atoms with E-state index in [9.17, 15) is 0 Å². The predicted molar refractivity (Wildman–Crippen MR) is 65.8 cm³/mol. The molecule has 1 heterocycles. The normalized spacial score (nSPS) is 12.5. The van der Waals surface area contributed by atoms with Crippen molar-refractivity contribution in [2.45, 2.75) is 25.9 Å². The Bertz CT molecular complexity index is 318. The Morgan fingerprint density at radius 3 is 3.00 bits per heavy atom. The van der Waals surface area contributed by atoms with E-state index < -0.39 is 0 Å². The number of halogens is 1. The lowest BCUT2D eigenvalue weighted by Gasteiger charge is -2.08. The average molecular weight is 274 g/mol. The number of nitrogens with zero attached hydrogens (tertiary/aromatic N) is 1. The summed E-state index contributed by atoms with van der Waals surface area (Å²) in [6.07, 6.45) is 3.13. The second-order valence-electron chi connectivity index (χ2n) is 3.51. The average Bonchev–Trinajstić information content (AvgIpc) is 2.14. The molecule has 1 atom stereocenters. The molecular formula is C10H16BrN3O. The second-order valence-corrected chi connectivity index (χ2v) is 4.43. The minimum absolute atomic E-state index is 0.248. The molecule has 4 nitrogen and oxygen atoms in total. The van der Waals surface area contributed by atoms with Crippen LogP contribution in [0.4, 0.5) is 11.5 Å². The highest BCUT2D eigenvalue weighted by molar-refractivity contribution is 9.10. The number of hydrogen-bond donors (Lipinski definition) is 3. The van der Waals surface area contributed by atoms with Crippen molar-refractivity contribution in [3.8, 4) is 0 Å². The zero-order chi connectivity index (χ0) is 11.3. The van der Waals surface area contributed by atoms with Gasteiger partial charge in [0.05, 0.1) is 11.8 Å². The van der Waals surface area contributed by atoms with Gasteiger partial charge in [-0.05, 0) is 41.8 Å². The van der Waals surface area contributed by atoms with Crippen LogP contribution in [0.2, 0.25) is 0 Å². The SMILES string of the molecule is CC(O)CCCNc1ncc(Br)cc1N. The van der Waals surface area contributed by atoms with Crippen LogP contribution in [-0.2, 0) is 0 Å². The van der Waals surface area contributed by atoms with E-state index in [4.69, 9.17) is 10.8 Å². The molecule has 1 unspecified atom stereocenters. The number of pyridine rings is 1. The van der Waals surface area contributed by atoms with Crippen LogP contribution >= 0.6 is 15.9 Å². The summed E-state index contributed by atoms with van der Waals surface area (Å²) in [5.74, 6) is 0.698. The zero-order valence-corrected chi connectivity index (χ0v) is 10.3. The second kappa shape index (κ2) is 5.92. The highest BCUT2D eigenvalue weighted by Gasteiger charge is 2.01. The first-order valence-electron chi connectivity index (χ1n) is 4.92. The van der Waals surface area contributed by atoms with Gasteiger partial charge in [-0.15, -0.1) is 0 Å². The van der Waals surface area contributed by atoms with Crippen LogP contribution < -0.4 is 11.1 Å². The molecule has 0 spiro atoms. The lowest BCUT2D eigenvalue weighted by atomic mass is 10.2. The number of anilines is 2. The van der Waals surface area contributed by atoms with Gasteiger partial charge < -0.3 is 16.2 Å². The third-order valence-corrected chi connectivity index (χ3v) is 2.41. The van der Waals surface area contributed by atoms with Crippen molar-refractivity contribution in [3.63, 3.8) is 0 Å². The van der Waals surface area contributed by atoms with Crippen LogP contribution in [0.5, 0.6) is 0 Å². The fraction of sp³-hybridized carbons (Fsp3) is 0.500. The van der Waals surface area contributed by atoms with Crippen molar-refractivity contribution in [2.75, 3.05) is 17.6 Å². The number of nitrogens with one attached hydrogen (secondary N) is 1. The maximum Gasteiger partial charge on any atom is 0.149 e. The minimum Gasteiger partial charge on any atom is -0.396 e. The van der Waals surface area contributed by atoms with Gasteiger partial charge in [-0.25, -0.2) is 4.98 Å². The van der Waals surface area contributed by atoms with E-state index in [0.717, 1.165) is 23.9 Å². The number of nitrogen functional groups attached to an aromatic ring is 1. The minimum atomic E-state index is -0.248. The number of aliphatic hydroxyl groups excluding tert-OH is 1. The number of hydrogen-bond acceptors (Lipinski definition) is 4. The molecule has 0 amide bonds. The van der Waals surface area contributed by atoms with E-state index in [1.807, 2.05) is 6.07 Å². The van der Waals surface area contributed by atoms with Crippen molar-refractivity contribution in [1.82, 2.24) is 4.98 Å². The maximum atomic E-state index is 9.07. The molecule has 1 aromatic heterocycles. The Morgan fingerprint density at radius 2 is 2.40 bits per heavy atom. The zero-order valence-electron chi connectivity index (χ0n) is 8.70. The third kappa shape index (κ3) is 4.48. The molecular weight excluding hydrogens is 258 g/mol. The summed E-state index contributed by atoms with van der Waals surface area (Å²) in [5.41, 5.74) is 6.39. The molecule has 84 valence electrons. The molecule has 0 saturated carbocycles. The summed E-state index contributed by atoms with van der Waals surface area (Å²) in [6, 6.07) is 1.81.